The maximum absolute atomic E-state index is 5.00. The van der Waals surface area contributed by atoms with Crippen LogP contribution in [0.15, 0.2) is 182 Å². The maximum Gasteiger partial charge on any atom is 0.0900 e. The van der Waals surface area contributed by atoms with Gasteiger partial charge in [0.1, 0.15) is 0 Å². The zero-order chi connectivity index (χ0) is 33.1. The summed E-state index contributed by atoms with van der Waals surface area (Å²) in [6.45, 7) is 0. The SMILES string of the molecule is c1ccc(C2(c3ccc(-c4cc(-c5ccccn5)nc(-c5ccccn5)c4)cc3)c3ccccc3-n3c4ccccc4c4cccc2c43)cc1. The number of nitrogens with zero attached hydrogens (tertiary/aromatic N) is 4. The molecule has 1 unspecified atom stereocenters. The molecule has 0 N–H and O–H groups in total. The van der Waals surface area contributed by atoms with Crippen LogP contribution in [0, 0.1) is 0 Å². The molecule has 0 spiro atoms. The van der Waals surface area contributed by atoms with Gasteiger partial charge in [-0.3, -0.25) is 9.97 Å². The van der Waals surface area contributed by atoms with E-state index >= 15 is 0 Å². The van der Waals surface area contributed by atoms with Gasteiger partial charge in [0.2, 0.25) is 0 Å². The van der Waals surface area contributed by atoms with Crippen LogP contribution in [0.3, 0.4) is 0 Å². The normalized spacial score (nSPS) is 14.9. The summed E-state index contributed by atoms with van der Waals surface area (Å²) in [5.74, 6) is 0. The number of hydrogen-bond donors (Lipinski definition) is 0. The Balaban J connectivity index is 1.22. The molecule has 10 rings (SSSR count). The minimum absolute atomic E-state index is 0.545. The van der Waals surface area contributed by atoms with Crippen LogP contribution in [0.1, 0.15) is 22.3 Å². The van der Waals surface area contributed by atoms with Crippen LogP contribution in [0.5, 0.6) is 0 Å². The molecule has 0 fully saturated rings. The molecule has 1 aliphatic heterocycles. The van der Waals surface area contributed by atoms with Crippen molar-refractivity contribution in [2.24, 2.45) is 0 Å². The lowest BCUT2D eigenvalue weighted by Crippen LogP contribution is -2.35. The van der Waals surface area contributed by atoms with Crippen molar-refractivity contribution in [1.29, 1.82) is 0 Å². The van der Waals surface area contributed by atoms with Crippen molar-refractivity contribution in [3.05, 3.63) is 205 Å². The molecule has 5 heterocycles. The van der Waals surface area contributed by atoms with Gasteiger partial charge in [-0.25, -0.2) is 4.98 Å². The van der Waals surface area contributed by atoms with Crippen LogP contribution in [0.25, 0.3) is 61.4 Å². The second-order valence-corrected chi connectivity index (χ2v) is 12.8. The van der Waals surface area contributed by atoms with Gasteiger partial charge in [0.05, 0.1) is 44.9 Å². The molecule has 0 aliphatic carbocycles. The summed E-state index contributed by atoms with van der Waals surface area (Å²) in [6, 6.07) is 60.8. The number of aromatic nitrogens is 4. The molecule has 1 atom stereocenters. The van der Waals surface area contributed by atoms with Crippen LogP contribution in [-0.2, 0) is 5.41 Å². The summed E-state index contributed by atoms with van der Waals surface area (Å²) >= 11 is 0. The summed E-state index contributed by atoms with van der Waals surface area (Å²) in [7, 11) is 0. The van der Waals surface area contributed by atoms with Crippen molar-refractivity contribution < 1.29 is 0 Å². The van der Waals surface area contributed by atoms with E-state index in [0.717, 1.165) is 33.9 Å². The highest BCUT2D eigenvalue weighted by atomic mass is 15.0. The van der Waals surface area contributed by atoms with E-state index in [1.807, 2.05) is 48.8 Å². The number of hydrogen-bond acceptors (Lipinski definition) is 3. The maximum atomic E-state index is 5.00. The van der Waals surface area contributed by atoms with Crippen LogP contribution in [0.2, 0.25) is 0 Å². The van der Waals surface area contributed by atoms with Gasteiger partial charge in [-0.15, -0.1) is 0 Å². The van der Waals surface area contributed by atoms with E-state index in [1.165, 1.54) is 49.7 Å². The smallest absolute Gasteiger partial charge is 0.0900 e. The van der Waals surface area contributed by atoms with Crippen molar-refractivity contribution in [3.63, 3.8) is 0 Å². The topological polar surface area (TPSA) is 43.6 Å². The van der Waals surface area contributed by atoms with Gasteiger partial charge >= 0.3 is 0 Å². The Morgan fingerprint density at radius 2 is 1.02 bits per heavy atom. The zero-order valence-electron chi connectivity index (χ0n) is 27.1. The van der Waals surface area contributed by atoms with E-state index in [-0.39, 0.29) is 0 Å². The van der Waals surface area contributed by atoms with E-state index in [9.17, 15) is 0 Å². The van der Waals surface area contributed by atoms with Crippen LogP contribution in [-0.4, -0.2) is 19.5 Å². The predicted octanol–water partition coefficient (Wildman–Crippen LogP) is 10.7. The average molecular weight is 639 g/mol. The number of benzene rings is 5. The Labute approximate surface area is 290 Å². The third kappa shape index (κ3) is 4.15. The van der Waals surface area contributed by atoms with Crippen LogP contribution >= 0.6 is 0 Å². The molecule has 0 radical (unpaired) electrons. The predicted molar refractivity (Wildman–Crippen MR) is 202 cm³/mol. The van der Waals surface area contributed by atoms with Gasteiger partial charge in [0.25, 0.3) is 0 Å². The van der Waals surface area contributed by atoms with Crippen LogP contribution in [0.4, 0.5) is 0 Å². The largest absolute Gasteiger partial charge is 0.309 e. The third-order valence-electron chi connectivity index (χ3n) is 10.2. The first kappa shape index (κ1) is 28.4. The molecule has 4 heteroatoms. The Bertz CT molecular complexity index is 2620. The second kappa shape index (κ2) is 11.2. The molecular formula is C46H30N4. The minimum Gasteiger partial charge on any atom is -0.309 e. The Morgan fingerprint density at radius 1 is 0.420 bits per heavy atom. The zero-order valence-corrected chi connectivity index (χ0v) is 27.1. The molecule has 0 saturated heterocycles. The van der Waals surface area contributed by atoms with Crippen molar-refractivity contribution in [2.45, 2.75) is 5.41 Å². The number of rotatable bonds is 5. The van der Waals surface area contributed by atoms with Gasteiger partial charge in [0, 0.05) is 23.2 Å². The average Bonchev–Trinajstić information content (AvgIpc) is 3.55. The number of fused-ring (bicyclic) bond motifs is 5. The lowest BCUT2D eigenvalue weighted by atomic mass is 9.63. The molecule has 234 valence electrons. The lowest BCUT2D eigenvalue weighted by Gasteiger charge is -2.41. The quantitative estimate of drug-likeness (QED) is 0.188. The second-order valence-electron chi connectivity index (χ2n) is 12.8. The van der Waals surface area contributed by atoms with E-state index < -0.39 is 5.41 Å². The number of para-hydroxylation sites is 3. The fourth-order valence-corrected chi connectivity index (χ4v) is 8.08. The molecule has 50 heavy (non-hydrogen) atoms. The van der Waals surface area contributed by atoms with Gasteiger partial charge in [0.15, 0.2) is 0 Å². The van der Waals surface area contributed by atoms with Crippen molar-refractivity contribution in [3.8, 4) is 39.6 Å². The molecule has 0 bridgehead atoms. The van der Waals surface area contributed by atoms with Crippen molar-refractivity contribution in [1.82, 2.24) is 19.5 Å². The fourth-order valence-electron chi connectivity index (χ4n) is 8.08. The Kier molecular flexibility index (Phi) is 6.36. The van der Waals surface area contributed by atoms with Crippen molar-refractivity contribution >= 4 is 21.8 Å². The highest BCUT2D eigenvalue weighted by Crippen LogP contribution is 2.54. The standard InChI is InChI=1S/C46H30N4/c1-2-13-33(14-3-1)46(37-17-5-7-22-44(37)50-43-21-6-4-15-35(43)36-16-12-18-38(46)45(36)50)34-25-23-31(24-26-34)32-29-41(39-19-8-10-27-47-39)49-42(30-32)40-20-9-11-28-48-40/h1-30H. The summed E-state index contributed by atoms with van der Waals surface area (Å²) < 4.78 is 2.47. The van der Waals surface area contributed by atoms with Crippen molar-refractivity contribution in [2.75, 3.05) is 0 Å². The van der Waals surface area contributed by atoms with E-state index in [2.05, 4.69) is 148 Å². The minimum atomic E-state index is -0.545. The first-order chi connectivity index (χ1) is 24.8. The lowest BCUT2D eigenvalue weighted by molar-refractivity contribution is 0.728. The monoisotopic (exact) mass is 638 g/mol. The summed E-state index contributed by atoms with van der Waals surface area (Å²) in [5.41, 5.74) is 13.6. The summed E-state index contributed by atoms with van der Waals surface area (Å²) in [5, 5.41) is 2.54. The molecule has 0 amide bonds. The summed E-state index contributed by atoms with van der Waals surface area (Å²) in [6.07, 6.45) is 3.62. The first-order valence-electron chi connectivity index (χ1n) is 16.9. The third-order valence-corrected chi connectivity index (χ3v) is 10.2. The van der Waals surface area contributed by atoms with E-state index in [4.69, 9.17) is 4.98 Å². The Morgan fingerprint density at radius 3 is 1.74 bits per heavy atom. The van der Waals surface area contributed by atoms with Crippen LogP contribution < -0.4 is 0 Å². The highest BCUT2D eigenvalue weighted by molar-refractivity contribution is 6.12. The van der Waals surface area contributed by atoms with Gasteiger partial charge < -0.3 is 4.57 Å². The highest BCUT2D eigenvalue weighted by Gasteiger charge is 2.45. The van der Waals surface area contributed by atoms with Gasteiger partial charge in [-0.1, -0.05) is 121 Å². The fraction of sp³-hybridized carbons (Fsp3) is 0.0217. The molecule has 5 aromatic carbocycles. The number of pyridine rings is 3. The molecule has 9 aromatic rings. The molecule has 0 saturated carbocycles. The molecular weight excluding hydrogens is 609 g/mol. The molecule has 4 aromatic heterocycles. The summed E-state index contributed by atoms with van der Waals surface area (Å²) in [4.78, 5) is 14.3. The van der Waals surface area contributed by atoms with E-state index in [1.54, 1.807) is 0 Å². The van der Waals surface area contributed by atoms with Gasteiger partial charge in [-0.2, -0.15) is 0 Å². The van der Waals surface area contributed by atoms with Gasteiger partial charge in [-0.05, 0) is 81.9 Å². The Hall–Kier alpha value is -6.65. The first-order valence-corrected chi connectivity index (χ1v) is 16.9. The molecule has 4 nitrogen and oxygen atoms in total. The molecule has 1 aliphatic rings. The van der Waals surface area contributed by atoms with E-state index in [0.29, 0.717) is 0 Å².